The first-order valence-electron chi connectivity index (χ1n) is 5.68. The smallest absolute Gasteiger partial charge is 0.115 e. The van der Waals surface area contributed by atoms with Gasteiger partial charge in [-0.15, -0.1) is 0 Å². The second-order valence-corrected chi connectivity index (χ2v) is 4.19. The van der Waals surface area contributed by atoms with Crippen LogP contribution in [0.2, 0.25) is 0 Å². The van der Waals surface area contributed by atoms with Gasteiger partial charge in [-0.1, -0.05) is 46.8 Å². The van der Waals surface area contributed by atoms with Crippen molar-refractivity contribution >= 4 is 10.9 Å². The monoisotopic (exact) mass is 324 g/mol. The molecule has 0 aliphatic rings. The number of phenols is 1. The van der Waals surface area contributed by atoms with E-state index in [0.29, 0.717) is 0 Å². The molecule has 3 nitrogen and oxygen atoms in total. The minimum Gasteiger partial charge on any atom is -0.508 e. The predicted octanol–water partition coefficient (Wildman–Crippen LogP) is 3.11. The number of aromatic nitrogens is 2. The van der Waals surface area contributed by atoms with Crippen LogP contribution in [-0.4, -0.2) is 15.1 Å². The molecule has 0 aliphatic carbocycles. The van der Waals surface area contributed by atoms with Gasteiger partial charge < -0.3 is 15.1 Å². The Balaban J connectivity index is 0.00000133. The van der Waals surface area contributed by atoms with E-state index in [9.17, 15) is 5.11 Å². The summed E-state index contributed by atoms with van der Waals surface area (Å²) in [6, 6.07) is 13.0. The summed E-state index contributed by atoms with van der Waals surface area (Å²) in [6.07, 6.45) is 2.68. The van der Waals surface area contributed by atoms with E-state index >= 15 is 0 Å². The molecule has 0 unspecified atom stereocenters. The van der Waals surface area contributed by atoms with Crippen molar-refractivity contribution in [2.75, 3.05) is 0 Å². The molecule has 3 rings (SSSR count). The van der Waals surface area contributed by atoms with Crippen LogP contribution < -0.4 is 0 Å². The van der Waals surface area contributed by atoms with E-state index in [-0.39, 0.29) is 38.5 Å². The van der Waals surface area contributed by atoms with E-state index in [2.05, 4.69) is 16.3 Å². The van der Waals surface area contributed by atoms with Gasteiger partial charge in [-0.05, 0) is 30.3 Å². The molecule has 0 spiro atoms. The number of phenolic OH excluding ortho intramolecular Hbond substituents is 1. The Morgan fingerprint density at radius 1 is 1.05 bits per heavy atom. The third kappa shape index (κ3) is 2.67. The van der Waals surface area contributed by atoms with Crippen molar-refractivity contribution in [1.29, 1.82) is 0 Å². The van der Waals surface area contributed by atoms with Gasteiger partial charge in [-0.3, -0.25) is 0 Å². The third-order valence-corrected chi connectivity index (χ3v) is 2.94. The molecule has 2 aromatic carbocycles. The second kappa shape index (κ2) is 5.76. The normalized spacial score (nSPS) is 10.2. The van der Waals surface area contributed by atoms with E-state index in [1.807, 2.05) is 31.2 Å². The fourth-order valence-electron chi connectivity index (χ4n) is 2.06. The van der Waals surface area contributed by atoms with Crippen molar-refractivity contribution in [3.63, 3.8) is 0 Å². The van der Waals surface area contributed by atoms with Gasteiger partial charge in [0.05, 0.1) is 0 Å². The van der Waals surface area contributed by atoms with Crippen LogP contribution >= 0.6 is 0 Å². The summed E-state index contributed by atoms with van der Waals surface area (Å²) in [5.41, 5.74) is 3.64. The fraction of sp³-hybridized carbons (Fsp3) is 0.0667. The zero-order valence-electron chi connectivity index (χ0n) is 10.5. The maximum atomic E-state index is 9.55. The molecule has 1 N–H and O–H groups in total. The average Bonchev–Trinajstić information content (AvgIpc) is 2.39. The number of hydrogen-bond donors (Lipinski definition) is 1. The van der Waals surface area contributed by atoms with Crippen molar-refractivity contribution in [2.45, 2.75) is 6.92 Å². The summed E-state index contributed by atoms with van der Waals surface area (Å²) in [7, 11) is 0. The van der Waals surface area contributed by atoms with Crippen LogP contribution in [0, 0.1) is 13.3 Å². The number of fused-ring (bicyclic) bond motifs is 1. The summed E-state index contributed by atoms with van der Waals surface area (Å²) in [6.45, 7) is 2.01. The SMILES string of the molecule is Cc1cccc2c(-c3cccc(O)c3)n[c-]nc12.[Y]. The molecule has 91 valence electrons. The second-order valence-electron chi connectivity index (χ2n) is 4.19. The minimum atomic E-state index is 0. The maximum Gasteiger partial charge on any atom is 0.115 e. The molecular weight excluding hydrogens is 313 g/mol. The molecule has 3 aromatic rings. The van der Waals surface area contributed by atoms with Gasteiger partial charge in [0, 0.05) is 39.0 Å². The molecule has 1 radical (unpaired) electrons. The summed E-state index contributed by atoms with van der Waals surface area (Å²) < 4.78 is 0. The van der Waals surface area contributed by atoms with Gasteiger partial charge in [-0.25, -0.2) is 0 Å². The topological polar surface area (TPSA) is 46.0 Å². The summed E-state index contributed by atoms with van der Waals surface area (Å²) >= 11 is 0. The first kappa shape index (κ1) is 14.1. The first-order chi connectivity index (χ1) is 8.75. The molecule has 0 atom stereocenters. The van der Waals surface area contributed by atoms with Crippen molar-refractivity contribution in [1.82, 2.24) is 9.97 Å². The van der Waals surface area contributed by atoms with Crippen LogP contribution in [0.4, 0.5) is 0 Å². The number of hydrogen-bond acceptors (Lipinski definition) is 3. The Morgan fingerprint density at radius 2 is 1.84 bits per heavy atom. The molecule has 4 heteroatoms. The van der Waals surface area contributed by atoms with E-state index in [1.54, 1.807) is 18.2 Å². The fourth-order valence-corrected chi connectivity index (χ4v) is 2.06. The molecule has 0 saturated heterocycles. The van der Waals surface area contributed by atoms with Crippen molar-refractivity contribution < 1.29 is 37.8 Å². The van der Waals surface area contributed by atoms with Crippen molar-refractivity contribution in [3.05, 3.63) is 54.4 Å². The maximum absolute atomic E-state index is 9.55. The number of rotatable bonds is 1. The first-order valence-corrected chi connectivity index (χ1v) is 5.68. The van der Waals surface area contributed by atoms with Gasteiger partial charge in [0.25, 0.3) is 0 Å². The van der Waals surface area contributed by atoms with Gasteiger partial charge in [0.15, 0.2) is 0 Å². The van der Waals surface area contributed by atoms with E-state index in [0.717, 1.165) is 27.7 Å². The third-order valence-electron chi connectivity index (χ3n) is 2.94. The summed E-state index contributed by atoms with van der Waals surface area (Å²) in [5.74, 6) is 0.229. The Labute approximate surface area is 136 Å². The molecule has 0 bridgehead atoms. The van der Waals surface area contributed by atoms with Gasteiger partial charge >= 0.3 is 0 Å². The Bertz CT molecular complexity index is 728. The van der Waals surface area contributed by atoms with E-state index in [1.165, 1.54) is 0 Å². The molecule has 1 heterocycles. The minimum absolute atomic E-state index is 0. The quantitative estimate of drug-likeness (QED) is 0.700. The van der Waals surface area contributed by atoms with E-state index in [4.69, 9.17) is 0 Å². The number of aryl methyl sites for hydroxylation is 1. The summed E-state index contributed by atoms with van der Waals surface area (Å²) in [5, 5.41) is 10.5. The molecule has 0 saturated carbocycles. The largest absolute Gasteiger partial charge is 0.508 e. The Kier molecular flexibility index (Phi) is 4.28. The number of benzene rings is 2. The molecule has 0 fully saturated rings. The van der Waals surface area contributed by atoms with Gasteiger partial charge in [-0.2, -0.15) is 0 Å². The number of nitrogens with zero attached hydrogens (tertiary/aromatic N) is 2. The van der Waals surface area contributed by atoms with Gasteiger partial charge in [0.1, 0.15) is 5.75 Å². The van der Waals surface area contributed by atoms with Crippen LogP contribution in [0.15, 0.2) is 42.5 Å². The molecule has 0 amide bonds. The number of aromatic hydroxyl groups is 1. The predicted molar refractivity (Wildman–Crippen MR) is 70.2 cm³/mol. The van der Waals surface area contributed by atoms with Crippen LogP contribution in [0.5, 0.6) is 5.75 Å². The van der Waals surface area contributed by atoms with Gasteiger partial charge in [0.2, 0.25) is 0 Å². The molecule has 19 heavy (non-hydrogen) atoms. The molecule has 0 aliphatic heterocycles. The summed E-state index contributed by atoms with van der Waals surface area (Å²) in [4.78, 5) is 8.40. The Hall–Kier alpha value is -1.32. The van der Waals surface area contributed by atoms with E-state index < -0.39 is 0 Å². The zero-order valence-corrected chi connectivity index (χ0v) is 13.3. The van der Waals surface area contributed by atoms with Crippen LogP contribution in [0.3, 0.4) is 0 Å². The van der Waals surface area contributed by atoms with Crippen LogP contribution in [0.1, 0.15) is 5.56 Å². The molecule has 1 aromatic heterocycles. The molecular formula is C15H11N2OY-. The Morgan fingerprint density at radius 3 is 2.63 bits per heavy atom. The van der Waals surface area contributed by atoms with Crippen molar-refractivity contribution in [3.8, 4) is 17.0 Å². The van der Waals surface area contributed by atoms with Crippen LogP contribution in [-0.2, 0) is 32.7 Å². The van der Waals surface area contributed by atoms with Crippen molar-refractivity contribution in [2.24, 2.45) is 0 Å². The zero-order chi connectivity index (χ0) is 12.5. The number of para-hydroxylation sites is 1. The van der Waals surface area contributed by atoms with Crippen LogP contribution in [0.25, 0.3) is 22.2 Å². The standard InChI is InChI=1S/C15H11N2O.Y/c1-10-4-2-7-13-14(10)16-9-17-15(13)11-5-3-6-12(18)8-11;/h2-8,18H,1H3;/q-1;. The average molecular weight is 324 g/mol.